The fraction of sp³-hybridized carbons (Fsp3) is 0.565. The molecule has 0 fully saturated rings. The number of hydrogen-bond donors (Lipinski definition) is 1. The van der Waals surface area contributed by atoms with E-state index in [1.807, 2.05) is 12.1 Å². The Morgan fingerprint density at radius 1 is 0.889 bits per heavy atom. The van der Waals surface area contributed by atoms with Crippen molar-refractivity contribution in [2.75, 3.05) is 7.11 Å². The Morgan fingerprint density at radius 2 is 1.48 bits per heavy atom. The van der Waals surface area contributed by atoms with E-state index in [0.29, 0.717) is 0 Å². The quantitative estimate of drug-likeness (QED) is 0.762. The van der Waals surface area contributed by atoms with Crippen molar-refractivity contribution in [1.82, 2.24) is 5.32 Å². The lowest BCUT2D eigenvalue weighted by Gasteiger charge is -2.29. The van der Waals surface area contributed by atoms with Crippen LogP contribution in [0.3, 0.4) is 0 Å². The number of amidine groups is 2. The molecule has 0 unspecified atom stereocenters. The first-order valence-corrected chi connectivity index (χ1v) is 9.61. The van der Waals surface area contributed by atoms with Crippen LogP contribution in [0.25, 0.3) is 5.57 Å². The van der Waals surface area contributed by atoms with Crippen molar-refractivity contribution in [2.45, 2.75) is 72.9 Å². The van der Waals surface area contributed by atoms with E-state index < -0.39 is 0 Å². The molecule has 0 saturated carbocycles. The molecule has 148 valence electrons. The maximum Gasteiger partial charge on any atom is 0.135 e. The van der Waals surface area contributed by atoms with Crippen molar-refractivity contribution in [3.05, 3.63) is 35.9 Å². The largest absolute Gasteiger partial charge is 0.497 e. The second-order valence-electron chi connectivity index (χ2n) is 10.1. The molecule has 4 nitrogen and oxygen atoms in total. The predicted molar refractivity (Wildman–Crippen MR) is 117 cm³/mol. The summed E-state index contributed by atoms with van der Waals surface area (Å²) in [6.07, 6.45) is 3.09. The second-order valence-corrected chi connectivity index (χ2v) is 10.1. The molecule has 0 saturated heterocycles. The first-order chi connectivity index (χ1) is 12.3. The van der Waals surface area contributed by atoms with Crippen molar-refractivity contribution in [2.24, 2.45) is 15.4 Å². The first kappa shape index (κ1) is 21.2. The average Bonchev–Trinajstić information content (AvgIpc) is 2.84. The number of benzene rings is 1. The number of nitrogens with zero attached hydrogens (tertiary/aromatic N) is 2. The third-order valence-electron chi connectivity index (χ3n) is 4.02. The van der Waals surface area contributed by atoms with Crippen molar-refractivity contribution in [3.63, 3.8) is 0 Å². The van der Waals surface area contributed by atoms with E-state index in [9.17, 15) is 0 Å². The van der Waals surface area contributed by atoms with Gasteiger partial charge in [-0.1, -0.05) is 32.9 Å². The predicted octanol–water partition coefficient (Wildman–Crippen LogP) is 5.49. The molecule has 0 aromatic heterocycles. The number of nitrogens with one attached hydrogen (secondary N) is 1. The lowest BCUT2D eigenvalue weighted by Crippen LogP contribution is -2.32. The van der Waals surface area contributed by atoms with E-state index in [1.54, 1.807) is 7.11 Å². The zero-order valence-corrected chi connectivity index (χ0v) is 18.4. The molecular formula is C23H35N3O. The maximum absolute atomic E-state index is 5.29. The molecule has 0 atom stereocenters. The van der Waals surface area contributed by atoms with Gasteiger partial charge in [0.05, 0.1) is 18.2 Å². The van der Waals surface area contributed by atoms with Gasteiger partial charge in [-0.15, -0.1) is 0 Å². The minimum Gasteiger partial charge on any atom is -0.497 e. The first-order valence-electron chi connectivity index (χ1n) is 9.61. The smallest absolute Gasteiger partial charge is 0.135 e. The molecule has 0 amide bonds. The molecule has 0 bridgehead atoms. The Bertz CT molecular complexity index is 754. The van der Waals surface area contributed by atoms with Crippen molar-refractivity contribution in [1.29, 1.82) is 0 Å². The van der Waals surface area contributed by atoms with Gasteiger partial charge in [0.2, 0.25) is 0 Å². The van der Waals surface area contributed by atoms with Crippen molar-refractivity contribution >= 4 is 17.2 Å². The third-order valence-corrected chi connectivity index (χ3v) is 4.02. The van der Waals surface area contributed by atoms with Crippen LogP contribution in [-0.4, -0.2) is 29.9 Å². The fourth-order valence-electron chi connectivity index (χ4n) is 3.57. The molecule has 1 aromatic carbocycles. The minimum absolute atomic E-state index is 0.153. The fourth-order valence-corrected chi connectivity index (χ4v) is 3.57. The van der Waals surface area contributed by atoms with Crippen LogP contribution in [0.4, 0.5) is 0 Å². The summed E-state index contributed by atoms with van der Waals surface area (Å²) in [4.78, 5) is 9.90. The number of rotatable bonds is 4. The monoisotopic (exact) mass is 369 g/mol. The molecule has 27 heavy (non-hydrogen) atoms. The summed E-state index contributed by atoms with van der Waals surface area (Å²) in [6.45, 7) is 17.4. The van der Waals surface area contributed by atoms with Gasteiger partial charge in [0.25, 0.3) is 0 Å². The van der Waals surface area contributed by atoms with Gasteiger partial charge in [-0.3, -0.25) is 9.98 Å². The molecule has 0 spiro atoms. The number of aliphatic imine (C=N–C) groups is 2. The summed E-state index contributed by atoms with van der Waals surface area (Å²) in [5, 5.41) is 3.44. The van der Waals surface area contributed by atoms with E-state index in [2.05, 4.69) is 78.9 Å². The number of methoxy groups -OCH3 is 1. The van der Waals surface area contributed by atoms with Crippen LogP contribution in [0.15, 0.2) is 40.3 Å². The summed E-state index contributed by atoms with van der Waals surface area (Å²) < 4.78 is 5.29. The third kappa shape index (κ3) is 6.53. The highest BCUT2D eigenvalue weighted by Crippen LogP contribution is 2.31. The minimum atomic E-state index is -0.177. The zero-order chi connectivity index (χ0) is 20.5. The molecule has 1 heterocycles. The lowest BCUT2D eigenvalue weighted by atomic mass is 9.82. The van der Waals surface area contributed by atoms with Gasteiger partial charge >= 0.3 is 0 Å². The summed E-state index contributed by atoms with van der Waals surface area (Å²) in [7, 11) is 1.68. The van der Waals surface area contributed by atoms with Gasteiger partial charge in [-0.2, -0.15) is 0 Å². The Morgan fingerprint density at radius 3 is 1.96 bits per heavy atom. The van der Waals surface area contributed by atoms with Crippen molar-refractivity contribution in [3.8, 4) is 5.75 Å². The summed E-state index contributed by atoms with van der Waals surface area (Å²) in [5.74, 6) is 2.59. The molecule has 0 radical (unpaired) electrons. The van der Waals surface area contributed by atoms with E-state index in [1.165, 1.54) is 0 Å². The Labute approximate surface area is 164 Å². The second kappa shape index (κ2) is 7.49. The van der Waals surface area contributed by atoms with Crippen molar-refractivity contribution < 1.29 is 4.74 Å². The van der Waals surface area contributed by atoms with Crippen LogP contribution >= 0.6 is 0 Å². The molecule has 1 aromatic rings. The molecule has 0 aliphatic carbocycles. The maximum atomic E-state index is 5.29. The van der Waals surface area contributed by atoms with E-state index in [0.717, 1.165) is 35.0 Å². The van der Waals surface area contributed by atoms with Gasteiger partial charge in [-0.05, 0) is 70.2 Å². The number of hydrogen-bond acceptors (Lipinski definition) is 3. The lowest BCUT2D eigenvalue weighted by molar-refractivity contribution is 0.288. The van der Waals surface area contributed by atoms with Crippen LogP contribution in [0.1, 0.15) is 67.4 Å². The SMILES string of the molecule is COc1ccc(C2=CC(=NC(C)(C)C)NC2=NC(C)(C)CC(C)(C)C)cc1. The average molecular weight is 370 g/mol. The topological polar surface area (TPSA) is 46.0 Å². The Kier molecular flexibility index (Phi) is 5.88. The molecule has 1 aliphatic rings. The zero-order valence-electron chi connectivity index (χ0n) is 18.4. The van der Waals surface area contributed by atoms with Crippen LogP contribution < -0.4 is 10.1 Å². The molecule has 1 N–H and O–H groups in total. The van der Waals surface area contributed by atoms with Crippen LogP contribution in [0.5, 0.6) is 5.75 Å². The van der Waals surface area contributed by atoms with E-state index >= 15 is 0 Å². The summed E-state index contributed by atoms with van der Waals surface area (Å²) in [5.41, 5.74) is 2.05. The van der Waals surface area contributed by atoms with Crippen LogP contribution in [-0.2, 0) is 0 Å². The van der Waals surface area contributed by atoms with Crippen LogP contribution in [0, 0.1) is 5.41 Å². The van der Waals surface area contributed by atoms with Gasteiger partial charge in [0, 0.05) is 5.57 Å². The highest BCUT2D eigenvalue weighted by molar-refractivity contribution is 6.36. The van der Waals surface area contributed by atoms with Crippen LogP contribution in [0.2, 0.25) is 0 Å². The van der Waals surface area contributed by atoms with E-state index in [-0.39, 0.29) is 16.5 Å². The van der Waals surface area contributed by atoms with Gasteiger partial charge in [-0.25, -0.2) is 0 Å². The molecular weight excluding hydrogens is 334 g/mol. The Hall–Kier alpha value is -2.10. The van der Waals surface area contributed by atoms with Gasteiger partial charge in [0.1, 0.15) is 17.4 Å². The van der Waals surface area contributed by atoms with E-state index in [4.69, 9.17) is 14.7 Å². The number of ether oxygens (including phenoxy) is 1. The molecule has 2 rings (SSSR count). The highest BCUT2D eigenvalue weighted by Gasteiger charge is 2.28. The molecule has 1 aliphatic heterocycles. The standard InChI is InChI=1S/C23H35N3O/c1-21(2,3)15-23(7,8)26-20-18(14-19(24-20)25-22(4,5)6)16-10-12-17(27-9)13-11-16/h10-14H,15H2,1-9H3,(H,24,25,26). The van der Waals surface area contributed by atoms with Gasteiger partial charge in [0.15, 0.2) is 0 Å². The molecule has 4 heteroatoms. The summed E-state index contributed by atoms with van der Waals surface area (Å²) >= 11 is 0. The summed E-state index contributed by atoms with van der Waals surface area (Å²) in [6, 6.07) is 8.09. The normalized spacial score (nSPS) is 18.6. The highest BCUT2D eigenvalue weighted by atomic mass is 16.5. The van der Waals surface area contributed by atoms with Gasteiger partial charge < -0.3 is 10.1 Å². The Balaban J connectivity index is 2.46.